The number of esters is 1. The molecular formula is C25H25NO6. The summed E-state index contributed by atoms with van der Waals surface area (Å²) in [5, 5.41) is 0.952. The maximum absolute atomic E-state index is 12.9. The minimum absolute atomic E-state index is 0.210. The number of ketones is 1. The van der Waals surface area contributed by atoms with E-state index in [0.29, 0.717) is 17.1 Å². The Kier molecular flexibility index (Phi) is 5.42. The predicted molar refractivity (Wildman–Crippen MR) is 120 cm³/mol. The molecule has 32 heavy (non-hydrogen) atoms. The summed E-state index contributed by atoms with van der Waals surface area (Å²) in [7, 11) is 3.56. The van der Waals surface area contributed by atoms with Gasteiger partial charge in [-0.1, -0.05) is 0 Å². The molecule has 4 rings (SSSR count). The number of hydrogen-bond acceptors (Lipinski definition) is 6. The van der Waals surface area contributed by atoms with Crippen molar-refractivity contribution in [3.8, 4) is 17.2 Å². The van der Waals surface area contributed by atoms with Crippen molar-refractivity contribution in [2.45, 2.75) is 26.4 Å². The molecule has 3 aromatic rings. The minimum Gasteiger partial charge on any atom is -0.497 e. The van der Waals surface area contributed by atoms with Gasteiger partial charge >= 0.3 is 5.97 Å². The lowest BCUT2D eigenvalue weighted by Crippen LogP contribution is -2.27. The van der Waals surface area contributed by atoms with E-state index in [-0.39, 0.29) is 18.1 Å². The number of nitrogens with zero attached hydrogens (tertiary/aromatic N) is 1. The molecule has 1 aliphatic rings. The molecular weight excluding hydrogens is 410 g/mol. The van der Waals surface area contributed by atoms with Gasteiger partial charge in [0.2, 0.25) is 5.78 Å². The van der Waals surface area contributed by atoms with Crippen LogP contribution in [-0.2, 0) is 16.6 Å². The highest BCUT2D eigenvalue weighted by atomic mass is 16.6. The number of Topliss-reactive ketones (excluding diaryl/α,β-unsaturated/α-hetero) is 1. The number of allylic oxidation sites excluding steroid dienone is 1. The maximum atomic E-state index is 12.9. The zero-order chi connectivity index (χ0) is 23.0. The van der Waals surface area contributed by atoms with E-state index in [2.05, 4.69) is 0 Å². The Morgan fingerprint density at radius 1 is 1.12 bits per heavy atom. The van der Waals surface area contributed by atoms with Crippen LogP contribution in [0.3, 0.4) is 0 Å². The lowest BCUT2D eigenvalue weighted by atomic mass is 10.1. The van der Waals surface area contributed by atoms with E-state index in [1.807, 2.05) is 36.0 Å². The fraction of sp³-hybridized carbons (Fsp3) is 0.280. The molecule has 7 heteroatoms. The zero-order valence-corrected chi connectivity index (χ0v) is 18.7. The number of aryl methyl sites for hydroxylation is 1. The molecule has 0 radical (unpaired) electrons. The van der Waals surface area contributed by atoms with Crippen LogP contribution in [0.1, 0.15) is 36.7 Å². The number of ether oxygens (including phenoxy) is 4. The van der Waals surface area contributed by atoms with Crippen molar-refractivity contribution in [2.75, 3.05) is 13.7 Å². The average molecular weight is 435 g/mol. The summed E-state index contributed by atoms with van der Waals surface area (Å²) in [6.07, 6.45) is 3.66. The first-order valence-corrected chi connectivity index (χ1v) is 10.2. The highest BCUT2D eigenvalue weighted by Crippen LogP contribution is 2.36. The first-order valence-electron chi connectivity index (χ1n) is 10.2. The first-order chi connectivity index (χ1) is 15.1. The van der Waals surface area contributed by atoms with Crippen LogP contribution >= 0.6 is 0 Å². The van der Waals surface area contributed by atoms with Gasteiger partial charge in [0.05, 0.1) is 12.7 Å². The van der Waals surface area contributed by atoms with Crippen molar-refractivity contribution in [3.63, 3.8) is 0 Å². The van der Waals surface area contributed by atoms with E-state index in [0.717, 1.165) is 22.2 Å². The molecule has 0 atom stereocenters. The highest BCUT2D eigenvalue weighted by Gasteiger charge is 2.28. The minimum atomic E-state index is -0.584. The summed E-state index contributed by atoms with van der Waals surface area (Å²) >= 11 is 0. The number of carbonyl (C=O) groups is 2. The molecule has 0 amide bonds. The number of aromatic nitrogens is 1. The largest absolute Gasteiger partial charge is 0.497 e. The van der Waals surface area contributed by atoms with Gasteiger partial charge in [-0.05, 0) is 57.2 Å². The fourth-order valence-corrected chi connectivity index (χ4v) is 3.56. The van der Waals surface area contributed by atoms with E-state index in [1.54, 1.807) is 52.2 Å². The van der Waals surface area contributed by atoms with Crippen LogP contribution in [-0.4, -0.2) is 35.6 Å². The molecule has 2 heterocycles. The Morgan fingerprint density at radius 3 is 2.59 bits per heavy atom. The van der Waals surface area contributed by atoms with Gasteiger partial charge in [-0.2, -0.15) is 0 Å². The third-order valence-corrected chi connectivity index (χ3v) is 4.93. The number of rotatable bonds is 5. The Balaban J connectivity index is 1.55. The second kappa shape index (κ2) is 8.07. The van der Waals surface area contributed by atoms with Gasteiger partial charge in [0.25, 0.3) is 0 Å². The van der Waals surface area contributed by atoms with E-state index >= 15 is 0 Å². The fourth-order valence-electron chi connectivity index (χ4n) is 3.56. The van der Waals surface area contributed by atoms with Crippen molar-refractivity contribution < 1.29 is 28.5 Å². The monoisotopic (exact) mass is 435 g/mol. The van der Waals surface area contributed by atoms with Gasteiger partial charge in [0, 0.05) is 35.8 Å². The van der Waals surface area contributed by atoms with Crippen LogP contribution in [0, 0.1) is 0 Å². The van der Waals surface area contributed by atoms with E-state index in [4.69, 9.17) is 18.9 Å². The van der Waals surface area contributed by atoms with E-state index in [9.17, 15) is 9.59 Å². The van der Waals surface area contributed by atoms with Gasteiger partial charge in [0.15, 0.2) is 12.4 Å². The van der Waals surface area contributed by atoms with Crippen molar-refractivity contribution in [1.29, 1.82) is 0 Å². The maximum Gasteiger partial charge on any atom is 0.344 e. The third-order valence-electron chi connectivity index (χ3n) is 4.93. The van der Waals surface area contributed by atoms with Gasteiger partial charge in [-0.25, -0.2) is 4.79 Å². The second-order valence-corrected chi connectivity index (χ2v) is 8.55. The van der Waals surface area contributed by atoms with Crippen LogP contribution in [0.5, 0.6) is 17.2 Å². The smallest absolute Gasteiger partial charge is 0.344 e. The zero-order valence-electron chi connectivity index (χ0n) is 18.7. The molecule has 0 saturated heterocycles. The van der Waals surface area contributed by atoms with Crippen molar-refractivity contribution in [2.24, 2.45) is 7.05 Å². The number of carbonyl (C=O) groups excluding carboxylic acids is 2. The van der Waals surface area contributed by atoms with Crippen LogP contribution in [0.25, 0.3) is 17.0 Å². The second-order valence-electron chi connectivity index (χ2n) is 8.55. The predicted octanol–water partition coefficient (Wildman–Crippen LogP) is 4.52. The number of methoxy groups -OCH3 is 1. The van der Waals surface area contributed by atoms with Gasteiger partial charge < -0.3 is 23.5 Å². The third kappa shape index (κ3) is 4.32. The van der Waals surface area contributed by atoms with Gasteiger partial charge in [-0.3, -0.25) is 4.79 Å². The summed E-state index contributed by atoms with van der Waals surface area (Å²) in [5.74, 6) is 1.08. The number of fused-ring (bicyclic) bond motifs is 2. The molecule has 0 fully saturated rings. The molecule has 0 saturated carbocycles. The van der Waals surface area contributed by atoms with Crippen LogP contribution in [0.4, 0.5) is 0 Å². The Bertz CT molecular complexity index is 1250. The van der Waals surface area contributed by atoms with Crippen LogP contribution in [0.15, 0.2) is 48.4 Å². The molecule has 0 unspecified atom stereocenters. The first kappa shape index (κ1) is 21.5. The Hall–Kier alpha value is -3.74. The Morgan fingerprint density at radius 2 is 1.88 bits per heavy atom. The summed E-state index contributed by atoms with van der Waals surface area (Å²) in [6, 6.07) is 10.7. The molecule has 2 aromatic carbocycles. The topological polar surface area (TPSA) is 76.0 Å². The van der Waals surface area contributed by atoms with Gasteiger partial charge in [0.1, 0.15) is 22.8 Å². The van der Waals surface area contributed by atoms with Crippen LogP contribution in [0.2, 0.25) is 0 Å². The van der Waals surface area contributed by atoms with E-state index < -0.39 is 11.6 Å². The summed E-state index contributed by atoms with van der Waals surface area (Å²) < 4.78 is 23.9. The highest BCUT2D eigenvalue weighted by molar-refractivity contribution is 6.15. The lowest BCUT2D eigenvalue weighted by molar-refractivity contribution is -0.157. The molecule has 0 N–H and O–H groups in total. The molecule has 0 spiro atoms. The molecule has 166 valence electrons. The van der Waals surface area contributed by atoms with Crippen molar-refractivity contribution in [1.82, 2.24) is 4.57 Å². The summed E-state index contributed by atoms with van der Waals surface area (Å²) in [6.45, 7) is 5.14. The molecule has 0 bridgehead atoms. The summed E-state index contributed by atoms with van der Waals surface area (Å²) in [5.41, 5.74) is 1.72. The van der Waals surface area contributed by atoms with Crippen LogP contribution < -0.4 is 14.2 Å². The molecule has 1 aliphatic heterocycles. The molecule has 0 aliphatic carbocycles. The summed E-state index contributed by atoms with van der Waals surface area (Å²) in [4.78, 5) is 24.7. The number of benzene rings is 2. The van der Waals surface area contributed by atoms with Crippen molar-refractivity contribution in [3.05, 3.63) is 59.5 Å². The number of hydrogen-bond donors (Lipinski definition) is 0. The molecule has 7 nitrogen and oxygen atoms in total. The quantitative estimate of drug-likeness (QED) is 0.433. The molecule has 1 aromatic heterocycles. The normalized spacial score (nSPS) is 14.4. The Labute approximate surface area is 186 Å². The van der Waals surface area contributed by atoms with Crippen molar-refractivity contribution >= 4 is 28.7 Å². The average Bonchev–Trinajstić information content (AvgIpc) is 3.21. The SMILES string of the molecule is COc1ccc2c(c1)c(/C=C1/Oc3cc(OCC(=O)OC(C)(C)C)ccc3C1=O)cn2C. The van der Waals surface area contributed by atoms with Gasteiger partial charge in [-0.15, -0.1) is 0 Å². The standard InChI is InChI=1S/C25H25NO6/c1-25(2,3)32-23(27)14-30-17-6-8-18-21(12-17)31-22(24(18)28)10-15-13-26(4)20-9-7-16(29-5)11-19(15)20/h6-13H,14H2,1-5H3/b22-10+. The lowest BCUT2D eigenvalue weighted by Gasteiger charge is -2.19. The van der Waals surface area contributed by atoms with E-state index in [1.165, 1.54) is 0 Å².